The van der Waals surface area contributed by atoms with Gasteiger partial charge in [0.25, 0.3) is 0 Å². The van der Waals surface area contributed by atoms with Crippen LogP contribution in [0.1, 0.15) is 48.7 Å². The molecule has 0 amide bonds. The Kier molecular flexibility index (Phi) is 4.40. The van der Waals surface area contributed by atoms with Crippen molar-refractivity contribution >= 4 is 11.8 Å². The molecule has 2 rings (SSSR count). The van der Waals surface area contributed by atoms with Crippen molar-refractivity contribution in [1.29, 1.82) is 0 Å². The molecule has 4 nitrogen and oxygen atoms in total. The number of nitrogens with zero attached hydrogens (tertiary/aromatic N) is 1. The maximum atomic E-state index is 11.5. The van der Waals surface area contributed by atoms with E-state index in [-0.39, 0.29) is 5.97 Å². The molecule has 0 aromatic carbocycles. The summed E-state index contributed by atoms with van der Waals surface area (Å²) >= 11 is 0. The van der Waals surface area contributed by atoms with Gasteiger partial charge in [-0.25, -0.2) is 9.78 Å². The van der Waals surface area contributed by atoms with Gasteiger partial charge in [-0.2, -0.15) is 0 Å². The molecule has 1 aromatic rings. The molecule has 104 valence electrons. The van der Waals surface area contributed by atoms with E-state index in [1.54, 1.807) is 6.07 Å². The van der Waals surface area contributed by atoms with Crippen LogP contribution in [0, 0.1) is 12.8 Å². The topological polar surface area (TPSA) is 51.2 Å². The van der Waals surface area contributed by atoms with E-state index in [0.717, 1.165) is 18.2 Å². The molecular weight excluding hydrogens is 240 g/mol. The number of methoxy groups -OCH3 is 1. The summed E-state index contributed by atoms with van der Waals surface area (Å²) < 4.78 is 4.72. The SMILES string of the molecule is CCC(CC1CC1)Nc1ccc(C(=O)OC)c(C)n1. The Morgan fingerprint density at radius 2 is 2.26 bits per heavy atom. The van der Waals surface area contributed by atoms with E-state index in [1.807, 2.05) is 13.0 Å². The number of nitrogens with one attached hydrogen (secondary N) is 1. The molecule has 0 bridgehead atoms. The Morgan fingerprint density at radius 3 is 2.79 bits per heavy atom. The Labute approximate surface area is 114 Å². The van der Waals surface area contributed by atoms with Crippen LogP contribution in [0.4, 0.5) is 5.82 Å². The molecule has 1 aromatic heterocycles. The third-order valence-electron chi connectivity index (χ3n) is 3.65. The first-order valence-corrected chi connectivity index (χ1v) is 6.96. The molecule has 1 saturated carbocycles. The number of carbonyl (C=O) groups excluding carboxylic acids is 1. The molecule has 19 heavy (non-hydrogen) atoms. The fourth-order valence-corrected chi connectivity index (χ4v) is 2.26. The van der Waals surface area contributed by atoms with Crippen LogP contribution in [0.15, 0.2) is 12.1 Å². The molecule has 1 aliphatic carbocycles. The minimum Gasteiger partial charge on any atom is -0.465 e. The summed E-state index contributed by atoms with van der Waals surface area (Å²) in [6.45, 7) is 4.02. The minimum atomic E-state index is -0.332. The van der Waals surface area contributed by atoms with Crippen molar-refractivity contribution in [2.75, 3.05) is 12.4 Å². The maximum Gasteiger partial charge on any atom is 0.339 e. The van der Waals surface area contributed by atoms with Gasteiger partial charge in [-0.05, 0) is 37.8 Å². The molecule has 1 atom stereocenters. The van der Waals surface area contributed by atoms with Crippen molar-refractivity contribution < 1.29 is 9.53 Å². The second-order valence-electron chi connectivity index (χ2n) is 5.25. The number of ether oxygens (including phenoxy) is 1. The fourth-order valence-electron chi connectivity index (χ4n) is 2.26. The predicted octanol–water partition coefficient (Wildman–Crippen LogP) is 3.17. The van der Waals surface area contributed by atoms with E-state index in [4.69, 9.17) is 4.74 Å². The zero-order valence-electron chi connectivity index (χ0n) is 11.9. The summed E-state index contributed by atoms with van der Waals surface area (Å²) in [5.41, 5.74) is 1.24. The van der Waals surface area contributed by atoms with Gasteiger partial charge in [0.2, 0.25) is 0 Å². The van der Waals surface area contributed by atoms with Crippen molar-refractivity contribution in [3.63, 3.8) is 0 Å². The second-order valence-corrected chi connectivity index (χ2v) is 5.25. The van der Waals surface area contributed by atoms with Crippen LogP contribution in [0.2, 0.25) is 0 Å². The Bertz CT molecular complexity index is 455. The van der Waals surface area contributed by atoms with Crippen LogP contribution in [0.5, 0.6) is 0 Å². The van der Waals surface area contributed by atoms with Gasteiger partial charge in [0, 0.05) is 6.04 Å². The van der Waals surface area contributed by atoms with Gasteiger partial charge in [0.05, 0.1) is 18.4 Å². The molecule has 1 unspecified atom stereocenters. The van der Waals surface area contributed by atoms with Crippen LogP contribution in [-0.4, -0.2) is 24.1 Å². The largest absolute Gasteiger partial charge is 0.465 e. The summed E-state index contributed by atoms with van der Waals surface area (Å²) in [4.78, 5) is 15.9. The average Bonchev–Trinajstić information content (AvgIpc) is 3.21. The highest BCUT2D eigenvalue weighted by atomic mass is 16.5. The number of aromatic nitrogens is 1. The fraction of sp³-hybridized carbons (Fsp3) is 0.600. The smallest absolute Gasteiger partial charge is 0.339 e. The zero-order chi connectivity index (χ0) is 13.8. The molecule has 1 fully saturated rings. The number of hydrogen-bond donors (Lipinski definition) is 1. The lowest BCUT2D eigenvalue weighted by atomic mass is 10.1. The lowest BCUT2D eigenvalue weighted by molar-refractivity contribution is 0.0599. The van der Waals surface area contributed by atoms with Crippen molar-refractivity contribution in [3.05, 3.63) is 23.4 Å². The zero-order valence-corrected chi connectivity index (χ0v) is 11.9. The summed E-state index contributed by atoms with van der Waals surface area (Å²) in [5, 5.41) is 3.46. The molecule has 0 spiro atoms. The second kappa shape index (κ2) is 6.04. The van der Waals surface area contributed by atoms with Gasteiger partial charge in [0.1, 0.15) is 5.82 Å². The summed E-state index contributed by atoms with van der Waals surface area (Å²) in [5.74, 6) is 1.41. The summed E-state index contributed by atoms with van der Waals surface area (Å²) in [6, 6.07) is 4.11. The number of hydrogen-bond acceptors (Lipinski definition) is 4. The van der Waals surface area contributed by atoms with Crippen LogP contribution in [-0.2, 0) is 4.74 Å². The van der Waals surface area contributed by atoms with E-state index in [1.165, 1.54) is 26.4 Å². The molecular formula is C15H22N2O2. The molecule has 0 saturated heterocycles. The van der Waals surface area contributed by atoms with Crippen molar-refractivity contribution in [2.45, 2.75) is 45.6 Å². The van der Waals surface area contributed by atoms with E-state index in [2.05, 4.69) is 17.2 Å². The van der Waals surface area contributed by atoms with Gasteiger partial charge < -0.3 is 10.1 Å². The first-order valence-electron chi connectivity index (χ1n) is 6.96. The molecule has 1 N–H and O–H groups in total. The van der Waals surface area contributed by atoms with Gasteiger partial charge >= 0.3 is 5.97 Å². The normalized spacial score (nSPS) is 15.9. The number of carbonyl (C=O) groups is 1. The third kappa shape index (κ3) is 3.69. The Morgan fingerprint density at radius 1 is 1.53 bits per heavy atom. The van der Waals surface area contributed by atoms with Gasteiger partial charge in [-0.3, -0.25) is 0 Å². The lowest BCUT2D eigenvalue weighted by Crippen LogP contribution is -2.20. The Hall–Kier alpha value is -1.58. The van der Waals surface area contributed by atoms with Crippen molar-refractivity contribution in [2.24, 2.45) is 5.92 Å². The van der Waals surface area contributed by atoms with E-state index in [9.17, 15) is 4.79 Å². The monoisotopic (exact) mass is 262 g/mol. The summed E-state index contributed by atoms with van der Waals surface area (Å²) in [7, 11) is 1.39. The van der Waals surface area contributed by atoms with E-state index in [0.29, 0.717) is 17.3 Å². The van der Waals surface area contributed by atoms with Gasteiger partial charge in [-0.1, -0.05) is 19.8 Å². The van der Waals surface area contributed by atoms with Crippen molar-refractivity contribution in [3.8, 4) is 0 Å². The third-order valence-corrected chi connectivity index (χ3v) is 3.65. The molecule has 4 heteroatoms. The summed E-state index contributed by atoms with van der Waals surface area (Å²) in [6.07, 6.45) is 5.05. The van der Waals surface area contributed by atoms with E-state index < -0.39 is 0 Å². The number of anilines is 1. The number of esters is 1. The van der Waals surface area contributed by atoms with Crippen LogP contribution in [0.3, 0.4) is 0 Å². The molecule has 0 radical (unpaired) electrons. The average molecular weight is 262 g/mol. The predicted molar refractivity (Wildman–Crippen MR) is 75.4 cm³/mol. The minimum absolute atomic E-state index is 0.332. The Balaban J connectivity index is 2.03. The molecule has 1 aliphatic rings. The quantitative estimate of drug-likeness (QED) is 0.800. The molecule has 0 aliphatic heterocycles. The standard InChI is InChI=1S/C15H22N2O2/c1-4-12(9-11-5-6-11)17-14-8-7-13(10(2)16-14)15(18)19-3/h7-8,11-12H,4-6,9H2,1-3H3,(H,16,17). The first kappa shape index (κ1) is 13.8. The van der Waals surface area contributed by atoms with Crippen LogP contribution >= 0.6 is 0 Å². The van der Waals surface area contributed by atoms with Gasteiger partial charge in [-0.15, -0.1) is 0 Å². The highest BCUT2D eigenvalue weighted by Crippen LogP contribution is 2.34. The van der Waals surface area contributed by atoms with E-state index >= 15 is 0 Å². The highest BCUT2D eigenvalue weighted by molar-refractivity contribution is 5.90. The van der Waals surface area contributed by atoms with Crippen LogP contribution in [0.25, 0.3) is 0 Å². The highest BCUT2D eigenvalue weighted by Gasteiger charge is 2.24. The number of rotatable bonds is 6. The van der Waals surface area contributed by atoms with Crippen LogP contribution < -0.4 is 5.32 Å². The lowest BCUT2D eigenvalue weighted by Gasteiger charge is -2.18. The van der Waals surface area contributed by atoms with Crippen molar-refractivity contribution in [1.82, 2.24) is 4.98 Å². The number of aryl methyl sites for hydroxylation is 1. The van der Waals surface area contributed by atoms with Gasteiger partial charge in [0.15, 0.2) is 0 Å². The maximum absolute atomic E-state index is 11.5. The number of pyridine rings is 1. The first-order chi connectivity index (χ1) is 9.13. The molecule has 1 heterocycles.